The molecule has 1 saturated carbocycles. The Hall–Kier alpha value is -3.38. The number of carbonyl (C=O) groups is 2. The van der Waals surface area contributed by atoms with Crippen LogP contribution in [0.5, 0.6) is 0 Å². The molecule has 0 aromatic heterocycles. The van der Waals surface area contributed by atoms with Crippen molar-refractivity contribution in [2.75, 3.05) is 19.6 Å². The molecule has 36 heavy (non-hydrogen) atoms. The van der Waals surface area contributed by atoms with E-state index in [2.05, 4.69) is 32.5 Å². The zero-order valence-corrected chi connectivity index (χ0v) is 19.9. The molecule has 1 saturated heterocycles. The first-order chi connectivity index (χ1) is 17.2. The summed E-state index contributed by atoms with van der Waals surface area (Å²) in [6.07, 6.45) is -0.109. The van der Waals surface area contributed by atoms with Gasteiger partial charge in [-0.2, -0.15) is 13.2 Å². The minimum Gasteiger partial charge on any atom is -0.349 e. The Labute approximate surface area is 208 Å². The molecule has 0 radical (unpaired) electrons. The third-order valence-corrected chi connectivity index (χ3v) is 7.06. The van der Waals surface area contributed by atoms with Crippen molar-refractivity contribution in [2.45, 2.75) is 56.4 Å². The molecule has 190 valence electrons. The third kappa shape index (κ3) is 6.43. The van der Waals surface area contributed by atoms with Gasteiger partial charge < -0.3 is 15.5 Å². The smallest absolute Gasteiger partial charge is 0.349 e. The molecule has 2 fully saturated rings. The number of nitrogens with zero attached hydrogens (tertiary/aromatic N) is 2. The number of nitrogens with one attached hydrogen (secondary N) is 2. The number of amides is 2. The van der Waals surface area contributed by atoms with E-state index in [0.29, 0.717) is 18.5 Å². The number of hydrogen-bond donors (Lipinski definition) is 2. The van der Waals surface area contributed by atoms with Crippen molar-refractivity contribution in [3.63, 3.8) is 0 Å². The van der Waals surface area contributed by atoms with Crippen LogP contribution in [0.4, 0.5) is 13.2 Å². The maximum absolute atomic E-state index is 12.8. The lowest BCUT2D eigenvalue weighted by Crippen LogP contribution is -2.63. The predicted octanol–water partition coefficient (Wildman–Crippen LogP) is 4.38. The van der Waals surface area contributed by atoms with Gasteiger partial charge >= 0.3 is 6.18 Å². The Morgan fingerprint density at radius 1 is 1.03 bits per heavy atom. The fourth-order valence-corrected chi connectivity index (χ4v) is 5.04. The molecule has 2 N–H and O–H groups in total. The molecule has 0 unspecified atom stereocenters. The second-order valence-electron chi connectivity index (χ2n) is 9.54. The van der Waals surface area contributed by atoms with Crippen molar-refractivity contribution in [3.05, 3.63) is 82.2 Å². The lowest BCUT2D eigenvalue weighted by molar-refractivity contribution is -0.137. The maximum atomic E-state index is 12.8. The molecule has 2 aromatic carbocycles. The molecule has 1 aliphatic carbocycles. The molecule has 2 amide bonds. The van der Waals surface area contributed by atoms with E-state index in [9.17, 15) is 22.8 Å². The molecule has 2 aromatic rings. The number of halogens is 3. The quantitative estimate of drug-likeness (QED) is 0.557. The van der Waals surface area contributed by atoms with Crippen LogP contribution in [0.25, 0.3) is 4.85 Å². The van der Waals surface area contributed by atoms with Crippen molar-refractivity contribution in [2.24, 2.45) is 0 Å². The van der Waals surface area contributed by atoms with Crippen molar-refractivity contribution >= 4 is 11.8 Å². The zero-order valence-electron chi connectivity index (χ0n) is 19.9. The van der Waals surface area contributed by atoms with Crippen LogP contribution in [0.3, 0.4) is 0 Å². The molecule has 6 nitrogen and oxygen atoms in total. The van der Waals surface area contributed by atoms with Gasteiger partial charge in [-0.25, -0.2) is 6.57 Å². The van der Waals surface area contributed by atoms with Gasteiger partial charge in [0.2, 0.25) is 12.5 Å². The lowest BCUT2D eigenvalue weighted by Gasteiger charge is -2.46. The van der Waals surface area contributed by atoms with Gasteiger partial charge in [0.15, 0.2) is 0 Å². The average molecular weight is 499 g/mol. The molecule has 4 rings (SSSR count). The minimum absolute atomic E-state index is 0.00989. The average Bonchev–Trinajstić information content (AvgIpc) is 2.85. The Bertz CT molecular complexity index is 1110. The topological polar surface area (TPSA) is 65.8 Å². The highest BCUT2D eigenvalue weighted by Gasteiger charge is 2.35. The Morgan fingerprint density at radius 3 is 2.36 bits per heavy atom. The van der Waals surface area contributed by atoms with E-state index in [4.69, 9.17) is 6.57 Å². The van der Waals surface area contributed by atoms with Crippen LogP contribution < -0.4 is 10.6 Å². The van der Waals surface area contributed by atoms with Crippen LogP contribution in [0.2, 0.25) is 0 Å². The van der Waals surface area contributed by atoms with E-state index in [1.165, 1.54) is 17.7 Å². The molecule has 1 heterocycles. The van der Waals surface area contributed by atoms with E-state index in [1.807, 2.05) is 12.1 Å². The Morgan fingerprint density at radius 2 is 1.72 bits per heavy atom. The Kier molecular flexibility index (Phi) is 7.94. The molecule has 0 spiro atoms. The monoisotopic (exact) mass is 498 g/mol. The number of hydrogen-bond acceptors (Lipinski definition) is 3. The normalized spacial score (nSPS) is 20.7. The summed E-state index contributed by atoms with van der Waals surface area (Å²) >= 11 is 0. The summed E-state index contributed by atoms with van der Waals surface area (Å²) < 4.78 is 38.5. The van der Waals surface area contributed by atoms with Crippen molar-refractivity contribution in [1.29, 1.82) is 0 Å². The van der Waals surface area contributed by atoms with E-state index in [1.54, 1.807) is 0 Å². The van der Waals surface area contributed by atoms with Crippen LogP contribution in [-0.4, -0.2) is 48.4 Å². The molecule has 0 atom stereocenters. The number of benzene rings is 2. The molecule has 0 bridgehead atoms. The van der Waals surface area contributed by atoms with Crippen LogP contribution in [0.15, 0.2) is 48.5 Å². The summed E-state index contributed by atoms with van der Waals surface area (Å²) in [5.74, 6) is -0.532. The van der Waals surface area contributed by atoms with Gasteiger partial charge in [0.05, 0.1) is 18.2 Å². The van der Waals surface area contributed by atoms with E-state index in [0.717, 1.165) is 56.5 Å². The fourth-order valence-electron chi connectivity index (χ4n) is 5.04. The van der Waals surface area contributed by atoms with Crippen molar-refractivity contribution in [3.8, 4) is 0 Å². The Balaban J connectivity index is 1.15. The first-order valence-electron chi connectivity index (χ1n) is 12.1. The van der Waals surface area contributed by atoms with Crippen LogP contribution in [-0.2, 0) is 17.5 Å². The van der Waals surface area contributed by atoms with Gasteiger partial charge in [0.25, 0.3) is 5.91 Å². The fraction of sp³-hybridized carbons (Fsp3) is 0.444. The summed E-state index contributed by atoms with van der Waals surface area (Å²) in [4.78, 5) is 30.2. The number of alkyl halides is 3. The second kappa shape index (κ2) is 11.1. The molecule has 9 heteroatoms. The standard InChI is InChI=1S/C27H29F3N4O2/c1-31-14-18-5-7-19(8-6-18)20-9-11-24(12-10-20)34-16-23(17-34)33-25(35)15-32-26(36)21-3-2-4-22(13-21)27(28,29)30/h2-8,13,20,23-24H,9-12,14-17H2,(H,32,36)(H,33,35). The summed E-state index contributed by atoms with van der Waals surface area (Å²) in [5, 5.41) is 5.27. The minimum atomic E-state index is -4.53. The van der Waals surface area contributed by atoms with Crippen molar-refractivity contribution in [1.82, 2.24) is 15.5 Å². The third-order valence-electron chi connectivity index (χ3n) is 7.06. The molecular formula is C27H29F3N4O2. The first kappa shape index (κ1) is 25.7. The zero-order chi connectivity index (χ0) is 25.7. The van der Waals surface area contributed by atoms with Gasteiger partial charge in [0.1, 0.15) is 0 Å². The van der Waals surface area contributed by atoms with E-state index in [-0.39, 0.29) is 24.1 Å². The van der Waals surface area contributed by atoms with Gasteiger partial charge in [-0.15, -0.1) is 0 Å². The predicted molar refractivity (Wildman–Crippen MR) is 129 cm³/mol. The van der Waals surface area contributed by atoms with E-state index < -0.39 is 17.6 Å². The SMILES string of the molecule is [C-]#[N+]Cc1ccc(C2CCC(N3CC(NC(=O)CNC(=O)c4cccc(C(F)(F)F)c4)C3)CC2)cc1. The molecule has 1 aliphatic heterocycles. The largest absolute Gasteiger partial charge is 0.416 e. The van der Waals surface area contributed by atoms with Crippen LogP contribution in [0.1, 0.15) is 58.6 Å². The molecular weight excluding hydrogens is 469 g/mol. The van der Waals surface area contributed by atoms with Gasteiger partial charge in [-0.05, 0) is 55.4 Å². The van der Waals surface area contributed by atoms with Gasteiger partial charge in [0, 0.05) is 30.3 Å². The first-order valence-corrected chi connectivity index (χ1v) is 12.1. The number of rotatable bonds is 7. The van der Waals surface area contributed by atoms with Crippen LogP contribution >= 0.6 is 0 Å². The van der Waals surface area contributed by atoms with Crippen LogP contribution in [0, 0.1) is 6.57 Å². The highest BCUT2D eigenvalue weighted by Crippen LogP contribution is 2.36. The lowest BCUT2D eigenvalue weighted by atomic mass is 9.80. The van der Waals surface area contributed by atoms with Gasteiger partial charge in [-0.1, -0.05) is 30.3 Å². The number of likely N-dealkylation sites (tertiary alicyclic amines) is 1. The maximum Gasteiger partial charge on any atom is 0.416 e. The summed E-state index contributed by atoms with van der Waals surface area (Å²) in [5.41, 5.74) is 1.34. The summed E-state index contributed by atoms with van der Waals surface area (Å²) in [7, 11) is 0. The van der Waals surface area contributed by atoms with E-state index >= 15 is 0 Å². The highest BCUT2D eigenvalue weighted by atomic mass is 19.4. The summed E-state index contributed by atoms with van der Waals surface area (Å²) in [6.45, 7) is 8.62. The van der Waals surface area contributed by atoms with Gasteiger partial charge in [-0.3, -0.25) is 14.5 Å². The highest BCUT2D eigenvalue weighted by molar-refractivity contribution is 5.96. The molecule has 2 aliphatic rings. The second-order valence-corrected chi connectivity index (χ2v) is 9.54. The van der Waals surface area contributed by atoms with Crippen molar-refractivity contribution < 1.29 is 22.8 Å². The number of carbonyl (C=O) groups excluding carboxylic acids is 2. The summed E-state index contributed by atoms with van der Waals surface area (Å²) in [6, 6.07) is 13.0.